The quantitative estimate of drug-likeness (QED) is 0.560. The molecular formula is C11H9ClN4. The predicted octanol–water partition coefficient (Wildman–Crippen LogP) is 3.09. The Kier molecular flexibility index (Phi) is 2.63. The van der Waals surface area contributed by atoms with Gasteiger partial charge in [0, 0.05) is 5.69 Å². The molecular weight excluding hydrogens is 224 g/mol. The SMILES string of the molecule is [C-]#[N+]c1cc(Cl)nc(-n2nc(C)cc2C)c1. The van der Waals surface area contributed by atoms with E-state index in [1.54, 1.807) is 10.7 Å². The number of nitrogens with zero attached hydrogens (tertiary/aromatic N) is 4. The molecule has 2 rings (SSSR count). The molecule has 2 aromatic heterocycles. The van der Waals surface area contributed by atoms with Crippen LogP contribution in [0.1, 0.15) is 11.4 Å². The van der Waals surface area contributed by atoms with E-state index < -0.39 is 0 Å². The molecule has 80 valence electrons. The van der Waals surface area contributed by atoms with Gasteiger partial charge in [0.2, 0.25) is 0 Å². The van der Waals surface area contributed by atoms with Gasteiger partial charge in [0.05, 0.1) is 12.3 Å². The predicted molar refractivity (Wildman–Crippen MR) is 62.1 cm³/mol. The van der Waals surface area contributed by atoms with Crippen molar-refractivity contribution >= 4 is 17.3 Å². The maximum absolute atomic E-state index is 6.97. The summed E-state index contributed by atoms with van der Waals surface area (Å²) in [6.45, 7) is 10.8. The average molecular weight is 233 g/mol. The smallest absolute Gasteiger partial charge is 0.193 e. The van der Waals surface area contributed by atoms with Crippen LogP contribution >= 0.6 is 11.6 Å². The van der Waals surface area contributed by atoms with Gasteiger partial charge in [-0.3, -0.25) is 0 Å². The first kappa shape index (κ1) is 10.7. The van der Waals surface area contributed by atoms with Gasteiger partial charge in [0.1, 0.15) is 11.0 Å². The van der Waals surface area contributed by atoms with E-state index in [-0.39, 0.29) is 0 Å². The molecule has 0 fully saturated rings. The zero-order chi connectivity index (χ0) is 11.7. The number of pyridine rings is 1. The first-order valence-electron chi connectivity index (χ1n) is 4.69. The Morgan fingerprint density at radius 3 is 2.62 bits per heavy atom. The number of aromatic nitrogens is 3. The van der Waals surface area contributed by atoms with E-state index >= 15 is 0 Å². The molecule has 5 heteroatoms. The summed E-state index contributed by atoms with van der Waals surface area (Å²) < 4.78 is 1.68. The molecule has 0 atom stereocenters. The number of hydrogen-bond donors (Lipinski definition) is 0. The summed E-state index contributed by atoms with van der Waals surface area (Å²) in [7, 11) is 0. The van der Waals surface area contributed by atoms with Crippen LogP contribution in [0.2, 0.25) is 5.15 Å². The lowest BCUT2D eigenvalue weighted by Crippen LogP contribution is -2.01. The van der Waals surface area contributed by atoms with Crippen molar-refractivity contribution in [3.63, 3.8) is 0 Å². The summed E-state index contributed by atoms with van der Waals surface area (Å²) in [6, 6.07) is 5.14. The van der Waals surface area contributed by atoms with Crippen molar-refractivity contribution in [1.29, 1.82) is 0 Å². The van der Waals surface area contributed by atoms with Crippen molar-refractivity contribution in [2.24, 2.45) is 0 Å². The molecule has 16 heavy (non-hydrogen) atoms. The maximum atomic E-state index is 6.97. The lowest BCUT2D eigenvalue weighted by Gasteiger charge is -2.04. The van der Waals surface area contributed by atoms with E-state index in [9.17, 15) is 0 Å². The van der Waals surface area contributed by atoms with Crippen LogP contribution in [0.15, 0.2) is 18.2 Å². The lowest BCUT2D eigenvalue weighted by molar-refractivity contribution is 0.807. The highest BCUT2D eigenvalue weighted by atomic mass is 35.5. The molecule has 0 unspecified atom stereocenters. The van der Waals surface area contributed by atoms with Crippen LogP contribution in [0, 0.1) is 20.4 Å². The summed E-state index contributed by atoms with van der Waals surface area (Å²) in [5.74, 6) is 0.573. The van der Waals surface area contributed by atoms with Crippen LogP contribution in [0.25, 0.3) is 10.7 Å². The van der Waals surface area contributed by atoms with Gasteiger partial charge in [-0.05, 0) is 32.0 Å². The zero-order valence-corrected chi connectivity index (χ0v) is 9.65. The molecule has 0 aliphatic carbocycles. The molecule has 0 radical (unpaired) electrons. The molecule has 0 N–H and O–H groups in total. The van der Waals surface area contributed by atoms with Crippen LogP contribution < -0.4 is 0 Å². The average Bonchev–Trinajstić information content (AvgIpc) is 2.57. The van der Waals surface area contributed by atoms with Crippen molar-refractivity contribution < 1.29 is 0 Å². The van der Waals surface area contributed by atoms with Gasteiger partial charge in [0.15, 0.2) is 5.69 Å². The number of hydrogen-bond acceptors (Lipinski definition) is 2. The second-order valence-electron chi connectivity index (χ2n) is 3.46. The highest BCUT2D eigenvalue weighted by molar-refractivity contribution is 6.29. The Labute approximate surface area is 98.3 Å². The molecule has 0 aromatic carbocycles. The molecule has 0 bridgehead atoms. The third-order valence-corrected chi connectivity index (χ3v) is 2.31. The van der Waals surface area contributed by atoms with Crippen molar-refractivity contribution in [3.05, 3.63) is 46.2 Å². The summed E-state index contributed by atoms with van der Waals surface area (Å²) in [4.78, 5) is 7.49. The summed E-state index contributed by atoms with van der Waals surface area (Å²) in [5.41, 5.74) is 2.33. The van der Waals surface area contributed by atoms with E-state index in [0.29, 0.717) is 16.7 Å². The zero-order valence-electron chi connectivity index (χ0n) is 8.90. The highest BCUT2D eigenvalue weighted by Gasteiger charge is 2.07. The Hall–Kier alpha value is -1.86. The van der Waals surface area contributed by atoms with Crippen LogP contribution in [0.3, 0.4) is 0 Å². The van der Waals surface area contributed by atoms with E-state index in [1.165, 1.54) is 6.07 Å². The summed E-state index contributed by atoms with van der Waals surface area (Å²) >= 11 is 5.84. The van der Waals surface area contributed by atoms with Gasteiger partial charge < -0.3 is 0 Å². The number of halogens is 1. The number of rotatable bonds is 1. The molecule has 0 saturated heterocycles. The van der Waals surface area contributed by atoms with Crippen molar-refractivity contribution in [3.8, 4) is 5.82 Å². The molecule has 4 nitrogen and oxygen atoms in total. The molecule has 0 aliphatic rings. The van der Waals surface area contributed by atoms with E-state index in [4.69, 9.17) is 18.2 Å². The topological polar surface area (TPSA) is 35.1 Å². The molecule has 0 spiro atoms. The lowest BCUT2D eigenvalue weighted by atomic mass is 10.4. The minimum Gasteiger partial charge on any atom is -0.238 e. The second kappa shape index (κ2) is 3.95. The molecule has 0 aliphatic heterocycles. The normalized spacial score (nSPS) is 10.1. The van der Waals surface area contributed by atoms with E-state index in [0.717, 1.165) is 11.4 Å². The van der Waals surface area contributed by atoms with Crippen molar-refractivity contribution in [2.75, 3.05) is 0 Å². The van der Waals surface area contributed by atoms with Crippen LogP contribution in [0.5, 0.6) is 0 Å². The largest absolute Gasteiger partial charge is 0.238 e. The minimum atomic E-state index is 0.302. The number of aryl methyl sites for hydroxylation is 2. The Morgan fingerprint density at radius 2 is 2.06 bits per heavy atom. The van der Waals surface area contributed by atoms with Gasteiger partial charge in [-0.1, -0.05) is 11.6 Å². The first-order chi connectivity index (χ1) is 7.60. The Morgan fingerprint density at radius 1 is 1.31 bits per heavy atom. The van der Waals surface area contributed by atoms with Gasteiger partial charge in [0.25, 0.3) is 0 Å². The van der Waals surface area contributed by atoms with Crippen molar-refractivity contribution in [2.45, 2.75) is 13.8 Å². The van der Waals surface area contributed by atoms with Gasteiger partial charge in [-0.25, -0.2) is 14.5 Å². The van der Waals surface area contributed by atoms with Gasteiger partial charge >= 0.3 is 0 Å². The fourth-order valence-electron chi connectivity index (χ4n) is 1.50. The molecule has 2 aromatic rings. The summed E-state index contributed by atoms with van der Waals surface area (Å²) in [5, 5.41) is 4.59. The highest BCUT2D eigenvalue weighted by Crippen LogP contribution is 2.21. The fraction of sp³-hybridized carbons (Fsp3) is 0.182. The van der Waals surface area contributed by atoms with Crippen LogP contribution in [-0.4, -0.2) is 14.8 Å². The molecule has 0 saturated carbocycles. The van der Waals surface area contributed by atoms with Gasteiger partial charge in [-0.15, -0.1) is 0 Å². The van der Waals surface area contributed by atoms with Crippen LogP contribution in [0.4, 0.5) is 5.69 Å². The Balaban J connectivity index is 2.60. The summed E-state index contributed by atoms with van der Waals surface area (Å²) in [6.07, 6.45) is 0. The first-order valence-corrected chi connectivity index (χ1v) is 5.06. The van der Waals surface area contributed by atoms with Crippen LogP contribution in [-0.2, 0) is 0 Å². The maximum Gasteiger partial charge on any atom is 0.193 e. The second-order valence-corrected chi connectivity index (χ2v) is 3.84. The third kappa shape index (κ3) is 1.90. The van der Waals surface area contributed by atoms with E-state index in [2.05, 4.69) is 14.9 Å². The van der Waals surface area contributed by atoms with E-state index in [1.807, 2.05) is 19.9 Å². The minimum absolute atomic E-state index is 0.302. The Bertz CT molecular complexity index is 580. The third-order valence-electron chi connectivity index (χ3n) is 2.12. The molecule has 2 heterocycles. The van der Waals surface area contributed by atoms with Crippen molar-refractivity contribution in [1.82, 2.24) is 14.8 Å². The fourth-order valence-corrected chi connectivity index (χ4v) is 1.70. The standard InChI is InChI=1S/C11H9ClN4/c1-7-4-8(2)16(15-7)11-6-9(13-3)5-10(12)14-11/h4-6H,1-2H3. The molecule has 0 amide bonds. The monoisotopic (exact) mass is 232 g/mol. The van der Waals surface area contributed by atoms with Gasteiger partial charge in [-0.2, -0.15) is 5.10 Å².